The standard InChI is InChI=1S/C39H37F3N4O3S/c1-37(2,3)50-34-29-19-28(49-23-27-18-17-25-9-6-7-10-30(25)44-27)21-43-35(29)46(32(34)20-38(4,5)36(47)48)22-24-13-15-26(16-14-24)31-11-8-12-33(45-31)39(40,41)42/h6-19,21H,20,22-23H2,1-5H3,(H,47,48). The van der Waals surface area contributed by atoms with E-state index in [0.29, 0.717) is 23.5 Å². The number of carbonyl (C=O) groups is 1. The Morgan fingerprint density at radius 2 is 1.64 bits per heavy atom. The third kappa shape index (κ3) is 7.78. The van der Waals surface area contributed by atoms with Gasteiger partial charge in [-0.05, 0) is 49.7 Å². The van der Waals surface area contributed by atoms with Gasteiger partial charge in [-0.2, -0.15) is 13.2 Å². The Bertz CT molecular complexity index is 2190. The Morgan fingerprint density at radius 3 is 2.34 bits per heavy atom. The minimum Gasteiger partial charge on any atom is -0.486 e. The van der Waals surface area contributed by atoms with E-state index in [4.69, 9.17) is 14.7 Å². The third-order valence-electron chi connectivity index (χ3n) is 8.20. The van der Waals surface area contributed by atoms with Crippen molar-refractivity contribution in [1.82, 2.24) is 19.5 Å². The van der Waals surface area contributed by atoms with Gasteiger partial charge in [0.1, 0.15) is 23.7 Å². The molecule has 0 aliphatic heterocycles. The lowest BCUT2D eigenvalue weighted by Crippen LogP contribution is -2.28. The van der Waals surface area contributed by atoms with Gasteiger partial charge in [-0.3, -0.25) is 4.79 Å². The molecule has 50 heavy (non-hydrogen) atoms. The molecule has 4 heterocycles. The highest BCUT2D eigenvalue weighted by Gasteiger charge is 2.34. The first-order valence-corrected chi connectivity index (χ1v) is 16.9. The van der Waals surface area contributed by atoms with Crippen molar-refractivity contribution in [2.45, 2.75) is 70.0 Å². The van der Waals surface area contributed by atoms with Crippen LogP contribution in [0.25, 0.3) is 33.2 Å². The number of carboxylic acids is 1. The lowest BCUT2D eigenvalue weighted by atomic mass is 9.88. The SMILES string of the molecule is CC(C)(C)Sc1c(CC(C)(C)C(=O)O)n(Cc2ccc(-c3cccc(C(F)(F)F)n3)cc2)c2ncc(OCc3ccc4ccccc4n3)cc12. The van der Waals surface area contributed by atoms with E-state index in [0.717, 1.165) is 44.2 Å². The number of hydrogen-bond acceptors (Lipinski definition) is 6. The van der Waals surface area contributed by atoms with E-state index < -0.39 is 23.3 Å². The maximum Gasteiger partial charge on any atom is 0.433 e. The van der Waals surface area contributed by atoms with Gasteiger partial charge < -0.3 is 14.4 Å². The highest BCUT2D eigenvalue weighted by Crippen LogP contribution is 2.44. The van der Waals surface area contributed by atoms with Crippen LogP contribution in [0.2, 0.25) is 0 Å². The number of nitrogens with zero attached hydrogens (tertiary/aromatic N) is 4. The largest absolute Gasteiger partial charge is 0.486 e. The zero-order valence-electron chi connectivity index (χ0n) is 28.4. The summed E-state index contributed by atoms with van der Waals surface area (Å²) in [5, 5.41) is 12.0. The van der Waals surface area contributed by atoms with E-state index >= 15 is 0 Å². The second-order valence-electron chi connectivity index (χ2n) is 13.9. The minimum absolute atomic E-state index is 0.216. The highest BCUT2D eigenvalue weighted by molar-refractivity contribution is 8.00. The van der Waals surface area contributed by atoms with Crippen molar-refractivity contribution in [3.05, 3.63) is 114 Å². The number of thioether (sulfide) groups is 1. The number of benzene rings is 2. The molecule has 0 atom stereocenters. The number of fused-ring (bicyclic) bond motifs is 2. The number of aliphatic carboxylic acids is 1. The molecule has 0 saturated heterocycles. The zero-order valence-corrected chi connectivity index (χ0v) is 29.2. The summed E-state index contributed by atoms with van der Waals surface area (Å²) >= 11 is 1.65. The van der Waals surface area contributed by atoms with Crippen LogP contribution in [-0.2, 0) is 30.5 Å². The van der Waals surface area contributed by atoms with Crippen LogP contribution in [0.4, 0.5) is 13.2 Å². The number of halogens is 3. The van der Waals surface area contributed by atoms with Gasteiger partial charge in [0, 0.05) is 44.6 Å². The van der Waals surface area contributed by atoms with Gasteiger partial charge in [0.05, 0.1) is 28.5 Å². The van der Waals surface area contributed by atoms with Gasteiger partial charge in [0.2, 0.25) is 0 Å². The smallest absolute Gasteiger partial charge is 0.433 e. The van der Waals surface area contributed by atoms with Gasteiger partial charge in [0.25, 0.3) is 0 Å². The van der Waals surface area contributed by atoms with Gasteiger partial charge in [-0.15, -0.1) is 11.8 Å². The normalized spacial score (nSPS) is 12.5. The van der Waals surface area contributed by atoms with Crippen molar-refractivity contribution < 1.29 is 27.8 Å². The second-order valence-corrected chi connectivity index (χ2v) is 15.7. The number of aromatic nitrogens is 4. The van der Waals surface area contributed by atoms with Crippen LogP contribution in [0.3, 0.4) is 0 Å². The molecule has 7 nitrogen and oxygen atoms in total. The van der Waals surface area contributed by atoms with Crippen LogP contribution >= 0.6 is 11.8 Å². The third-order valence-corrected chi connectivity index (χ3v) is 9.47. The van der Waals surface area contributed by atoms with Gasteiger partial charge in [0.15, 0.2) is 0 Å². The summed E-state index contributed by atoms with van der Waals surface area (Å²) < 4.78 is 48.0. The summed E-state index contributed by atoms with van der Waals surface area (Å²) in [6.45, 7) is 10.3. The minimum atomic E-state index is -4.54. The van der Waals surface area contributed by atoms with E-state index in [9.17, 15) is 23.1 Å². The number of rotatable bonds is 10. The lowest BCUT2D eigenvalue weighted by molar-refractivity contribution is -0.147. The molecule has 6 rings (SSSR count). The molecule has 0 amide bonds. The predicted octanol–water partition coefficient (Wildman–Crippen LogP) is 9.84. The Balaban J connectivity index is 1.39. The van der Waals surface area contributed by atoms with Gasteiger partial charge in [-0.25, -0.2) is 15.0 Å². The molecule has 0 aliphatic rings. The molecule has 0 bridgehead atoms. The summed E-state index contributed by atoms with van der Waals surface area (Å²) in [6.07, 6.45) is -2.64. The second kappa shape index (κ2) is 13.4. The Morgan fingerprint density at radius 1 is 0.900 bits per heavy atom. The molecular weight excluding hydrogens is 662 g/mol. The van der Waals surface area contributed by atoms with Crippen molar-refractivity contribution >= 4 is 39.7 Å². The predicted molar refractivity (Wildman–Crippen MR) is 190 cm³/mol. The fourth-order valence-corrected chi connectivity index (χ4v) is 6.80. The average Bonchev–Trinajstić information content (AvgIpc) is 3.32. The number of hydrogen-bond donors (Lipinski definition) is 1. The first kappa shape index (κ1) is 34.9. The van der Waals surface area contributed by atoms with Gasteiger partial charge in [-0.1, -0.05) is 75.4 Å². The number of alkyl halides is 3. The molecule has 1 N–H and O–H groups in total. The fourth-order valence-electron chi connectivity index (χ4n) is 5.63. The van der Waals surface area contributed by atoms with Crippen LogP contribution < -0.4 is 4.74 Å². The Kier molecular flexibility index (Phi) is 9.39. The first-order chi connectivity index (χ1) is 23.6. The summed E-state index contributed by atoms with van der Waals surface area (Å²) in [4.78, 5) is 26.7. The first-order valence-electron chi connectivity index (χ1n) is 16.1. The Hall–Kier alpha value is -4.90. The summed E-state index contributed by atoms with van der Waals surface area (Å²) in [5.41, 5.74) is 2.77. The fraction of sp³-hybridized carbons (Fsp3) is 0.282. The monoisotopic (exact) mass is 698 g/mol. The van der Waals surface area contributed by atoms with Crippen molar-refractivity contribution in [3.8, 4) is 17.0 Å². The summed E-state index contributed by atoms with van der Waals surface area (Å²) in [5.74, 6) is -0.360. The topological polar surface area (TPSA) is 90.1 Å². The van der Waals surface area contributed by atoms with E-state index in [-0.39, 0.29) is 23.5 Å². The maximum atomic E-state index is 13.3. The quantitative estimate of drug-likeness (QED) is 0.143. The number of pyridine rings is 3. The Labute approximate surface area is 292 Å². The van der Waals surface area contributed by atoms with Crippen molar-refractivity contribution in [1.29, 1.82) is 0 Å². The van der Waals surface area contributed by atoms with Crippen molar-refractivity contribution in [2.75, 3.05) is 0 Å². The van der Waals surface area contributed by atoms with Crippen LogP contribution in [0.1, 0.15) is 57.3 Å². The van der Waals surface area contributed by atoms with E-state index in [1.165, 1.54) is 6.07 Å². The molecule has 11 heteroatoms. The molecule has 4 aromatic heterocycles. The highest BCUT2D eigenvalue weighted by atomic mass is 32.2. The number of ether oxygens (including phenoxy) is 1. The lowest BCUT2D eigenvalue weighted by Gasteiger charge is -2.24. The summed E-state index contributed by atoms with van der Waals surface area (Å²) in [6, 6.07) is 24.8. The molecule has 2 aromatic carbocycles. The average molecular weight is 699 g/mol. The van der Waals surface area contributed by atoms with E-state index in [1.54, 1.807) is 50.0 Å². The molecule has 0 unspecified atom stereocenters. The molecule has 0 fully saturated rings. The molecule has 0 spiro atoms. The molecule has 0 aliphatic carbocycles. The molecule has 0 saturated carbocycles. The molecular formula is C39H37F3N4O3S. The molecule has 6 aromatic rings. The molecule has 0 radical (unpaired) electrons. The molecule has 258 valence electrons. The van der Waals surface area contributed by atoms with E-state index in [2.05, 4.69) is 25.8 Å². The number of carboxylic acid groups (broad SMARTS) is 1. The van der Waals surface area contributed by atoms with Gasteiger partial charge >= 0.3 is 12.1 Å². The van der Waals surface area contributed by atoms with E-state index in [1.807, 2.05) is 59.2 Å². The van der Waals surface area contributed by atoms with Crippen molar-refractivity contribution in [3.63, 3.8) is 0 Å². The van der Waals surface area contributed by atoms with Crippen molar-refractivity contribution in [2.24, 2.45) is 5.41 Å². The van der Waals surface area contributed by atoms with Crippen LogP contribution in [0, 0.1) is 5.41 Å². The van der Waals surface area contributed by atoms with Crippen LogP contribution in [-0.4, -0.2) is 35.3 Å². The zero-order chi connectivity index (χ0) is 35.8. The number of para-hydroxylation sites is 1. The summed E-state index contributed by atoms with van der Waals surface area (Å²) in [7, 11) is 0. The van der Waals surface area contributed by atoms with Crippen LogP contribution in [0.15, 0.2) is 96.0 Å². The maximum absolute atomic E-state index is 13.3. The van der Waals surface area contributed by atoms with Crippen LogP contribution in [0.5, 0.6) is 5.75 Å².